The zero-order chi connectivity index (χ0) is 13.8. The number of hydrogen-bond acceptors (Lipinski definition) is 3. The molecule has 0 fully saturated rings. The minimum Gasteiger partial charge on any atom is -0.238 e. The molecule has 1 heterocycles. The third-order valence-electron chi connectivity index (χ3n) is 3.02. The van der Waals surface area contributed by atoms with Gasteiger partial charge in [0.2, 0.25) is 0 Å². The number of halogens is 1. The number of thioether (sulfide) groups is 1. The lowest BCUT2D eigenvalue weighted by atomic mass is 10.0. The van der Waals surface area contributed by atoms with Crippen LogP contribution in [-0.2, 0) is 12.8 Å². The Morgan fingerprint density at radius 3 is 2.58 bits per heavy atom. The molecule has 0 saturated heterocycles. The molecule has 0 amide bonds. The van der Waals surface area contributed by atoms with Gasteiger partial charge in [0.1, 0.15) is 10.9 Å². The number of rotatable bonds is 4. The molecule has 0 atom stereocenters. The molecule has 0 bridgehead atoms. The number of aryl methyl sites for hydroxylation is 2. The van der Waals surface area contributed by atoms with Crippen molar-refractivity contribution in [2.24, 2.45) is 0 Å². The number of aromatic nitrogens is 2. The van der Waals surface area contributed by atoms with E-state index in [1.54, 1.807) is 11.8 Å². The fraction of sp³-hybridized carbons (Fsp3) is 0.333. The lowest BCUT2D eigenvalue weighted by Gasteiger charge is -2.13. The summed E-state index contributed by atoms with van der Waals surface area (Å²) >= 11 is 7.92. The molecule has 2 aromatic rings. The number of nitrogens with zero attached hydrogens (tertiary/aromatic N) is 2. The minimum atomic E-state index is 0.791. The molecular weight excluding hydrogens is 276 g/mol. The van der Waals surface area contributed by atoms with Crippen LogP contribution in [0.4, 0.5) is 0 Å². The molecule has 19 heavy (non-hydrogen) atoms. The van der Waals surface area contributed by atoms with Crippen LogP contribution in [0.1, 0.15) is 29.6 Å². The Hall–Kier alpha value is -1.06. The number of hydrogen-bond donors (Lipinski definition) is 0. The van der Waals surface area contributed by atoms with Gasteiger partial charge in [0.25, 0.3) is 0 Å². The maximum absolute atomic E-state index is 6.25. The Morgan fingerprint density at radius 1 is 1.21 bits per heavy atom. The highest BCUT2D eigenvalue weighted by Crippen LogP contribution is 2.26. The van der Waals surface area contributed by atoms with E-state index in [0.717, 1.165) is 40.0 Å². The van der Waals surface area contributed by atoms with Crippen LogP contribution >= 0.6 is 23.4 Å². The van der Waals surface area contributed by atoms with Gasteiger partial charge in [-0.1, -0.05) is 36.7 Å². The van der Waals surface area contributed by atoms with E-state index < -0.39 is 0 Å². The summed E-state index contributed by atoms with van der Waals surface area (Å²) in [7, 11) is 0. The quantitative estimate of drug-likeness (QED) is 0.620. The van der Waals surface area contributed by atoms with Crippen LogP contribution in [-0.4, -0.2) is 16.2 Å². The molecule has 100 valence electrons. The Balaban J connectivity index is 2.47. The Kier molecular flexibility index (Phi) is 4.83. The topological polar surface area (TPSA) is 25.8 Å². The van der Waals surface area contributed by atoms with Gasteiger partial charge in [-0.15, -0.1) is 11.8 Å². The van der Waals surface area contributed by atoms with Crippen LogP contribution in [0.15, 0.2) is 29.3 Å². The Morgan fingerprint density at radius 2 is 1.95 bits per heavy atom. The molecule has 0 aliphatic heterocycles. The molecule has 4 heteroatoms. The summed E-state index contributed by atoms with van der Waals surface area (Å²) in [6.45, 7) is 4.07. The molecule has 1 aromatic heterocycles. The molecule has 0 N–H and O–H groups in total. The van der Waals surface area contributed by atoms with Crippen LogP contribution in [0, 0.1) is 6.92 Å². The summed E-state index contributed by atoms with van der Waals surface area (Å²) in [6, 6.07) is 7.95. The molecule has 0 aliphatic carbocycles. The van der Waals surface area contributed by atoms with E-state index in [2.05, 4.69) is 29.2 Å². The van der Waals surface area contributed by atoms with Gasteiger partial charge in [0.15, 0.2) is 0 Å². The molecule has 0 radical (unpaired) electrons. The molecular formula is C15H17ClN2S. The van der Waals surface area contributed by atoms with Crippen LogP contribution in [0.2, 0.25) is 5.02 Å². The first-order valence-corrected chi connectivity index (χ1v) is 7.89. The summed E-state index contributed by atoms with van der Waals surface area (Å²) < 4.78 is 0. The normalized spacial score (nSPS) is 10.7. The van der Waals surface area contributed by atoms with E-state index in [0.29, 0.717) is 0 Å². The molecule has 0 spiro atoms. The third kappa shape index (κ3) is 3.28. The van der Waals surface area contributed by atoms with Crippen molar-refractivity contribution in [3.05, 3.63) is 51.9 Å². The predicted molar refractivity (Wildman–Crippen MR) is 82.2 cm³/mol. The van der Waals surface area contributed by atoms with E-state index in [1.165, 1.54) is 5.56 Å². The van der Waals surface area contributed by atoms with Crippen LogP contribution < -0.4 is 0 Å². The maximum Gasteiger partial charge on any atom is 0.126 e. The van der Waals surface area contributed by atoms with Crippen molar-refractivity contribution in [1.29, 1.82) is 0 Å². The summed E-state index contributed by atoms with van der Waals surface area (Å²) in [4.78, 5) is 9.09. The average Bonchev–Trinajstić information content (AvgIpc) is 2.42. The number of benzene rings is 1. The predicted octanol–water partition coefficient (Wildman–Crippen LogP) is 4.31. The van der Waals surface area contributed by atoms with Gasteiger partial charge < -0.3 is 0 Å². The molecule has 0 unspecified atom stereocenters. The van der Waals surface area contributed by atoms with Gasteiger partial charge >= 0.3 is 0 Å². The molecule has 1 aromatic carbocycles. The van der Waals surface area contributed by atoms with Crippen LogP contribution in [0.5, 0.6) is 0 Å². The van der Waals surface area contributed by atoms with Crippen molar-refractivity contribution in [2.75, 3.05) is 6.26 Å². The second kappa shape index (κ2) is 6.40. The zero-order valence-corrected chi connectivity index (χ0v) is 13.0. The van der Waals surface area contributed by atoms with Gasteiger partial charge in [-0.25, -0.2) is 9.97 Å². The molecule has 0 saturated carbocycles. The van der Waals surface area contributed by atoms with Crippen molar-refractivity contribution in [3.63, 3.8) is 0 Å². The maximum atomic E-state index is 6.25. The Labute approximate surface area is 123 Å². The van der Waals surface area contributed by atoms with Gasteiger partial charge in [0.05, 0.1) is 0 Å². The highest BCUT2D eigenvalue weighted by molar-refractivity contribution is 7.98. The zero-order valence-electron chi connectivity index (χ0n) is 11.4. The minimum absolute atomic E-state index is 0.791. The lowest BCUT2D eigenvalue weighted by Crippen LogP contribution is -2.05. The molecule has 0 aliphatic rings. The first kappa shape index (κ1) is 14.4. The average molecular weight is 293 g/mol. The van der Waals surface area contributed by atoms with Gasteiger partial charge in [-0.05, 0) is 31.2 Å². The van der Waals surface area contributed by atoms with Gasteiger partial charge in [-0.3, -0.25) is 0 Å². The second-order valence-corrected chi connectivity index (χ2v) is 5.53. The van der Waals surface area contributed by atoms with E-state index in [4.69, 9.17) is 11.6 Å². The largest absolute Gasteiger partial charge is 0.238 e. The van der Waals surface area contributed by atoms with Crippen molar-refractivity contribution in [1.82, 2.24) is 9.97 Å². The lowest BCUT2D eigenvalue weighted by molar-refractivity contribution is 0.846. The van der Waals surface area contributed by atoms with E-state index in [1.807, 2.05) is 25.1 Å². The fourth-order valence-corrected chi connectivity index (χ4v) is 2.96. The van der Waals surface area contributed by atoms with Crippen molar-refractivity contribution in [2.45, 2.75) is 31.7 Å². The first-order chi connectivity index (χ1) is 9.15. The smallest absolute Gasteiger partial charge is 0.126 e. The Bertz CT molecular complexity index is 559. The van der Waals surface area contributed by atoms with Crippen molar-refractivity contribution < 1.29 is 0 Å². The van der Waals surface area contributed by atoms with Crippen molar-refractivity contribution in [3.8, 4) is 0 Å². The van der Waals surface area contributed by atoms with E-state index in [-0.39, 0.29) is 0 Å². The summed E-state index contributed by atoms with van der Waals surface area (Å²) in [6.07, 6.45) is 3.76. The summed E-state index contributed by atoms with van der Waals surface area (Å²) in [5, 5.41) is 1.86. The van der Waals surface area contributed by atoms with Gasteiger partial charge in [-0.2, -0.15) is 0 Å². The standard InChI is InChI=1S/C15H17ClN2S/c1-4-14-12(15(19-3)18-10(2)17-14)9-11-7-5-6-8-13(11)16/h5-8H,4,9H2,1-3H3. The summed E-state index contributed by atoms with van der Waals surface area (Å²) in [5.41, 5.74) is 3.45. The highest BCUT2D eigenvalue weighted by Gasteiger charge is 2.13. The SMILES string of the molecule is CCc1nc(C)nc(SC)c1Cc1ccccc1Cl. The van der Waals surface area contributed by atoms with Gasteiger partial charge in [0, 0.05) is 22.7 Å². The monoisotopic (exact) mass is 292 g/mol. The molecule has 2 rings (SSSR count). The molecule has 2 nitrogen and oxygen atoms in total. The van der Waals surface area contributed by atoms with Crippen LogP contribution in [0.3, 0.4) is 0 Å². The fourth-order valence-electron chi connectivity index (χ4n) is 2.10. The van der Waals surface area contributed by atoms with Crippen molar-refractivity contribution >= 4 is 23.4 Å². The highest BCUT2D eigenvalue weighted by atomic mass is 35.5. The van der Waals surface area contributed by atoms with E-state index >= 15 is 0 Å². The second-order valence-electron chi connectivity index (χ2n) is 4.33. The first-order valence-electron chi connectivity index (χ1n) is 6.29. The third-order valence-corrected chi connectivity index (χ3v) is 4.11. The van der Waals surface area contributed by atoms with Crippen LogP contribution in [0.25, 0.3) is 0 Å². The summed E-state index contributed by atoms with van der Waals surface area (Å²) in [5.74, 6) is 0.837. The van der Waals surface area contributed by atoms with E-state index in [9.17, 15) is 0 Å².